The molecule has 4 rings (SSSR count). The van der Waals surface area contributed by atoms with Crippen LogP contribution in [0.2, 0.25) is 0 Å². The highest BCUT2D eigenvalue weighted by atomic mass is 16.2. The summed E-state index contributed by atoms with van der Waals surface area (Å²) in [6.07, 6.45) is 2.23. The maximum atomic E-state index is 12.7. The van der Waals surface area contributed by atoms with Gasteiger partial charge in [0.05, 0.1) is 0 Å². The number of rotatable bonds is 4. The number of pyridine rings is 1. The van der Waals surface area contributed by atoms with Crippen molar-refractivity contribution in [3.8, 4) is 0 Å². The lowest BCUT2D eigenvalue weighted by Crippen LogP contribution is -2.41. The molecule has 0 unspecified atom stereocenters. The number of aromatic nitrogens is 1. The summed E-state index contributed by atoms with van der Waals surface area (Å²) in [5, 5.41) is 4.61. The third-order valence-electron chi connectivity index (χ3n) is 4.71. The Labute approximate surface area is 151 Å². The highest BCUT2D eigenvalue weighted by molar-refractivity contribution is 6.06. The molecule has 1 aliphatic heterocycles. The zero-order valence-corrected chi connectivity index (χ0v) is 14.3. The molecule has 0 saturated carbocycles. The third-order valence-corrected chi connectivity index (χ3v) is 4.71. The van der Waals surface area contributed by atoms with Gasteiger partial charge in [0.1, 0.15) is 11.7 Å². The van der Waals surface area contributed by atoms with E-state index in [4.69, 9.17) is 0 Å². The third kappa shape index (κ3) is 3.16. The second kappa shape index (κ2) is 6.96. The van der Waals surface area contributed by atoms with E-state index in [1.54, 1.807) is 11.1 Å². The summed E-state index contributed by atoms with van der Waals surface area (Å²) >= 11 is 0. The Hall–Kier alpha value is -3.21. The van der Waals surface area contributed by atoms with Crippen LogP contribution in [-0.4, -0.2) is 34.3 Å². The molecule has 2 amide bonds. The predicted octanol–water partition coefficient (Wildman–Crippen LogP) is 2.77. The van der Waals surface area contributed by atoms with Crippen LogP contribution in [0.4, 0.5) is 0 Å². The van der Waals surface area contributed by atoms with Gasteiger partial charge in [-0.05, 0) is 23.4 Å². The van der Waals surface area contributed by atoms with Crippen LogP contribution in [0.3, 0.4) is 0 Å². The van der Waals surface area contributed by atoms with Gasteiger partial charge in [0.25, 0.3) is 5.91 Å². The predicted molar refractivity (Wildman–Crippen MR) is 99.5 cm³/mol. The summed E-state index contributed by atoms with van der Waals surface area (Å²) in [4.78, 5) is 31.3. The maximum absolute atomic E-state index is 12.7. The number of hydrogen-bond acceptors (Lipinski definition) is 3. The zero-order valence-electron chi connectivity index (χ0n) is 14.3. The molecule has 1 aromatic heterocycles. The summed E-state index contributed by atoms with van der Waals surface area (Å²) in [6.45, 7) is 1.21. The summed E-state index contributed by atoms with van der Waals surface area (Å²) in [5.74, 6) is -0.343. The van der Waals surface area contributed by atoms with Crippen LogP contribution in [0.15, 0.2) is 66.9 Å². The number of hydrogen-bond donors (Lipinski definition) is 1. The summed E-state index contributed by atoms with van der Waals surface area (Å²) in [6, 6.07) is 18.9. The average molecular weight is 345 g/mol. The van der Waals surface area contributed by atoms with Crippen molar-refractivity contribution < 1.29 is 9.59 Å². The molecule has 130 valence electrons. The zero-order chi connectivity index (χ0) is 17.9. The minimum absolute atomic E-state index is 0.0394. The summed E-state index contributed by atoms with van der Waals surface area (Å²) in [7, 11) is 0. The SMILES string of the molecule is O=C(N[C@@H]1CCN(Cc2ccccc2)C1=O)c1nccc2ccccc12. The number of nitrogens with one attached hydrogen (secondary N) is 1. The van der Waals surface area contributed by atoms with E-state index in [2.05, 4.69) is 10.3 Å². The molecule has 0 radical (unpaired) electrons. The first-order chi connectivity index (χ1) is 12.7. The van der Waals surface area contributed by atoms with Gasteiger partial charge in [-0.25, -0.2) is 0 Å². The minimum atomic E-state index is -0.494. The van der Waals surface area contributed by atoms with Gasteiger partial charge in [-0.3, -0.25) is 14.6 Å². The molecule has 26 heavy (non-hydrogen) atoms. The van der Waals surface area contributed by atoms with Crippen molar-refractivity contribution in [3.05, 3.63) is 78.1 Å². The lowest BCUT2D eigenvalue weighted by molar-refractivity contribution is -0.129. The molecule has 2 aromatic carbocycles. The number of nitrogens with zero attached hydrogens (tertiary/aromatic N) is 2. The molecule has 1 N–H and O–H groups in total. The normalized spacial score (nSPS) is 16.8. The number of carbonyl (C=O) groups excluding carboxylic acids is 2. The van der Waals surface area contributed by atoms with Crippen molar-refractivity contribution in [3.63, 3.8) is 0 Å². The molecule has 0 bridgehead atoms. The first-order valence-electron chi connectivity index (χ1n) is 8.70. The van der Waals surface area contributed by atoms with E-state index in [1.807, 2.05) is 60.7 Å². The van der Waals surface area contributed by atoms with E-state index in [0.717, 1.165) is 16.3 Å². The molecule has 1 saturated heterocycles. The van der Waals surface area contributed by atoms with Crippen LogP contribution in [0.25, 0.3) is 10.8 Å². The number of amides is 2. The largest absolute Gasteiger partial charge is 0.339 e. The molecule has 3 aromatic rings. The van der Waals surface area contributed by atoms with Crippen LogP contribution in [0, 0.1) is 0 Å². The van der Waals surface area contributed by atoms with E-state index >= 15 is 0 Å². The maximum Gasteiger partial charge on any atom is 0.271 e. The highest BCUT2D eigenvalue weighted by Gasteiger charge is 2.33. The topological polar surface area (TPSA) is 62.3 Å². The van der Waals surface area contributed by atoms with Crippen molar-refractivity contribution >= 4 is 22.6 Å². The van der Waals surface area contributed by atoms with Gasteiger partial charge in [-0.15, -0.1) is 0 Å². The molecule has 2 heterocycles. The Kier molecular flexibility index (Phi) is 4.35. The fourth-order valence-electron chi connectivity index (χ4n) is 3.36. The molecule has 1 fully saturated rings. The van der Waals surface area contributed by atoms with Gasteiger partial charge >= 0.3 is 0 Å². The molecule has 0 spiro atoms. The smallest absolute Gasteiger partial charge is 0.271 e. The number of carbonyl (C=O) groups is 2. The van der Waals surface area contributed by atoms with E-state index in [9.17, 15) is 9.59 Å². The molecule has 1 aliphatic rings. The van der Waals surface area contributed by atoms with Gasteiger partial charge in [0.15, 0.2) is 0 Å². The van der Waals surface area contributed by atoms with Crippen molar-refractivity contribution in [2.75, 3.05) is 6.54 Å². The van der Waals surface area contributed by atoms with Crippen LogP contribution in [0.1, 0.15) is 22.5 Å². The number of benzene rings is 2. The second-order valence-corrected chi connectivity index (χ2v) is 6.44. The fourth-order valence-corrected chi connectivity index (χ4v) is 3.36. The van der Waals surface area contributed by atoms with Crippen LogP contribution < -0.4 is 5.32 Å². The standard InChI is InChI=1S/C21H19N3O2/c25-20(19-17-9-5-4-8-16(17)10-12-22-19)23-18-11-13-24(21(18)26)14-15-6-2-1-3-7-15/h1-10,12,18H,11,13-14H2,(H,23,25)/t18-/m1/s1. The van der Waals surface area contributed by atoms with Gasteiger partial charge in [0, 0.05) is 24.7 Å². The molecule has 1 atom stereocenters. The molecular weight excluding hydrogens is 326 g/mol. The van der Waals surface area contributed by atoms with Gasteiger partial charge in [-0.1, -0.05) is 54.6 Å². The highest BCUT2D eigenvalue weighted by Crippen LogP contribution is 2.18. The minimum Gasteiger partial charge on any atom is -0.339 e. The Bertz CT molecular complexity index is 950. The van der Waals surface area contributed by atoms with Crippen LogP contribution >= 0.6 is 0 Å². The quantitative estimate of drug-likeness (QED) is 0.791. The van der Waals surface area contributed by atoms with Gasteiger partial charge in [0.2, 0.25) is 5.91 Å². The molecule has 0 aliphatic carbocycles. The number of fused-ring (bicyclic) bond motifs is 1. The Morgan fingerprint density at radius 2 is 1.85 bits per heavy atom. The van der Waals surface area contributed by atoms with E-state index in [-0.39, 0.29) is 11.8 Å². The number of likely N-dealkylation sites (tertiary alicyclic amines) is 1. The van der Waals surface area contributed by atoms with Gasteiger partial charge < -0.3 is 10.2 Å². The first-order valence-corrected chi connectivity index (χ1v) is 8.70. The second-order valence-electron chi connectivity index (χ2n) is 6.44. The van der Waals surface area contributed by atoms with E-state index < -0.39 is 6.04 Å². The Balaban J connectivity index is 1.47. The van der Waals surface area contributed by atoms with E-state index in [0.29, 0.717) is 25.2 Å². The first kappa shape index (κ1) is 16.3. The Morgan fingerprint density at radius 3 is 2.69 bits per heavy atom. The fraction of sp³-hybridized carbons (Fsp3) is 0.190. The lowest BCUT2D eigenvalue weighted by atomic mass is 10.1. The average Bonchev–Trinajstić information content (AvgIpc) is 3.02. The van der Waals surface area contributed by atoms with Crippen molar-refractivity contribution in [2.45, 2.75) is 19.0 Å². The Morgan fingerprint density at radius 1 is 1.08 bits per heavy atom. The van der Waals surface area contributed by atoms with Crippen LogP contribution in [0.5, 0.6) is 0 Å². The molecule has 5 heteroatoms. The van der Waals surface area contributed by atoms with Gasteiger partial charge in [-0.2, -0.15) is 0 Å². The van der Waals surface area contributed by atoms with Crippen molar-refractivity contribution in [1.82, 2.24) is 15.2 Å². The lowest BCUT2D eigenvalue weighted by Gasteiger charge is -2.17. The van der Waals surface area contributed by atoms with Crippen molar-refractivity contribution in [2.24, 2.45) is 0 Å². The van der Waals surface area contributed by atoms with E-state index in [1.165, 1.54) is 0 Å². The molecule has 5 nitrogen and oxygen atoms in total. The van der Waals surface area contributed by atoms with Crippen molar-refractivity contribution in [1.29, 1.82) is 0 Å². The summed E-state index contributed by atoms with van der Waals surface area (Å²) < 4.78 is 0. The van der Waals surface area contributed by atoms with Crippen LogP contribution in [-0.2, 0) is 11.3 Å². The molecular formula is C21H19N3O2. The monoisotopic (exact) mass is 345 g/mol. The summed E-state index contributed by atoms with van der Waals surface area (Å²) in [5.41, 5.74) is 1.45.